The molecule has 1 heterocycles. The third-order valence-electron chi connectivity index (χ3n) is 4.38. The van der Waals surface area contributed by atoms with Gasteiger partial charge in [-0.25, -0.2) is 18.1 Å². The van der Waals surface area contributed by atoms with Crippen LogP contribution < -0.4 is 4.72 Å². The Bertz CT molecular complexity index is 1050. The lowest BCUT2D eigenvalue weighted by Gasteiger charge is -2.20. The third-order valence-corrected chi connectivity index (χ3v) is 6.12. The Labute approximate surface area is 174 Å². The van der Waals surface area contributed by atoms with Crippen molar-refractivity contribution in [3.05, 3.63) is 83.4 Å². The maximum atomic E-state index is 12.9. The van der Waals surface area contributed by atoms with Gasteiger partial charge in [0.1, 0.15) is 0 Å². The molecule has 2 aromatic carbocycles. The number of imidazole rings is 1. The smallest absolute Gasteiger partial charge is 0.303 e. The van der Waals surface area contributed by atoms with Gasteiger partial charge in [0, 0.05) is 30.4 Å². The molecule has 7 nitrogen and oxygen atoms in total. The van der Waals surface area contributed by atoms with Crippen molar-refractivity contribution in [3.63, 3.8) is 0 Å². The molecule has 0 amide bonds. The predicted octanol–water partition coefficient (Wildman–Crippen LogP) is 3.27. The maximum absolute atomic E-state index is 12.9. The van der Waals surface area contributed by atoms with E-state index in [2.05, 4.69) is 9.71 Å². The predicted molar refractivity (Wildman–Crippen MR) is 109 cm³/mol. The van der Waals surface area contributed by atoms with E-state index in [4.69, 9.17) is 16.7 Å². The van der Waals surface area contributed by atoms with Crippen molar-refractivity contribution in [2.75, 3.05) is 0 Å². The van der Waals surface area contributed by atoms with Gasteiger partial charge >= 0.3 is 5.97 Å². The van der Waals surface area contributed by atoms with Crippen molar-refractivity contribution in [3.8, 4) is 0 Å². The molecule has 2 N–H and O–H groups in total. The van der Waals surface area contributed by atoms with Gasteiger partial charge in [-0.2, -0.15) is 0 Å². The van der Waals surface area contributed by atoms with E-state index in [1.54, 1.807) is 23.3 Å². The summed E-state index contributed by atoms with van der Waals surface area (Å²) in [5.41, 5.74) is 1.63. The van der Waals surface area contributed by atoms with Crippen molar-refractivity contribution in [1.29, 1.82) is 0 Å². The number of carboxylic acid groups (broad SMARTS) is 1. The van der Waals surface area contributed by atoms with E-state index < -0.39 is 22.0 Å². The topological polar surface area (TPSA) is 101 Å². The first-order valence-electron chi connectivity index (χ1n) is 8.88. The van der Waals surface area contributed by atoms with Crippen LogP contribution in [0.4, 0.5) is 0 Å². The molecule has 3 aromatic rings. The number of aryl methyl sites for hydroxylation is 1. The summed E-state index contributed by atoms with van der Waals surface area (Å²) in [6, 6.07) is 12.7. The summed E-state index contributed by atoms with van der Waals surface area (Å²) in [4.78, 5) is 14.9. The first-order valence-corrected chi connectivity index (χ1v) is 10.7. The first kappa shape index (κ1) is 21.0. The molecule has 0 fully saturated rings. The number of nitrogens with one attached hydrogen (secondary N) is 1. The highest BCUT2D eigenvalue weighted by molar-refractivity contribution is 7.89. The Kier molecular flexibility index (Phi) is 6.68. The molecule has 0 aliphatic carbocycles. The van der Waals surface area contributed by atoms with Crippen molar-refractivity contribution in [2.24, 2.45) is 0 Å². The normalized spacial score (nSPS) is 12.6. The van der Waals surface area contributed by atoms with Crippen LogP contribution in [0.3, 0.4) is 0 Å². The van der Waals surface area contributed by atoms with Crippen LogP contribution in [0.1, 0.15) is 23.6 Å². The molecule has 0 saturated heterocycles. The van der Waals surface area contributed by atoms with E-state index in [0.717, 1.165) is 11.1 Å². The summed E-state index contributed by atoms with van der Waals surface area (Å²) in [7, 11) is -3.78. The molecule has 0 bridgehead atoms. The van der Waals surface area contributed by atoms with Crippen LogP contribution in [-0.2, 0) is 27.8 Å². The molecule has 0 radical (unpaired) electrons. The van der Waals surface area contributed by atoms with Gasteiger partial charge in [-0.3, -0.25) is 4.79 Å². The monoisotopic (exact) mass is 433 g/mol. The Hall–Kier alpha value is -2.68. The maximum Gasteiger partial charge on any atom is 0.303 e. The van der Waals surface area contributed by atoms with Crippen LogP contribution in [0, 0.1) is 0 Å². The fourth-order valence-corrected chi connectivity index (χ4v) is 4.19. The van der Waals surface area contributed by atoms with Crippen molar-refractivity contribution >= 4 is 27.6 Å². The Balaban J connectivity index is 1.84. The molecule has 1 atom stereocenters. The number of benzene rings is 2. The van der Waals surface area contributed by atoms with Gasteiger partial charge < -0.3 is 9.67 Å². The standard InChI is InChI=1S/C20H20ClN3O4S/c21-17-6-8-18(9-7-17)29(27,28)23-19(13-24-12-11-22-14-24)16-4-1-15(2-5-16)3-10-20(25)26/h1-2,4-9,11-12,14,19,23H,3,10,13H2,(H,25,26). The Morgan fingerprint density at radius 3 is 2.41 bits per heavy atom. The van der Waals surface area contributed by atoms with E-state index in [1.165, 1.54) is 24.3 Å². The molecule has 0 aliphatic heterocycles. The van der Waals surface area contributed by atoms with Gasteiger partial charge in [-0.05, 0) is 41.8 Å². The zero-order chi connectivity index (χ0) is 20.9. The molecule has 1 aromatic heterocycles. The molecule has 1 unspecified atom stereocenters. The van der Waals surface area contributed by atoms with Crippen LogP contribution in [0.25, 0.3) is 0 Å². The van der Waals surface area contributed by atoms with E-state index in [1.807, 2.05) is 24.3 Å². The number of sulfonamides is 1. The molecule has 0 spiro atoms. The minimum absolute atomic E-state index is 0.0427. The highest BCUT2D eigenvalue weighted by atomic mass is 35.5. The van der Waals surface area contributed by atoms with Crippen LogP contribution in [0.5, 0.6) is 0 Å². The second-order valence-electron chi connectivity index (χ2n) is 6.52. The van der Waals surface area contributed by atoms with Crippen LogP contribution >= 0.6 is 11.6 Å². The summed E-state index contributed by atoms with van der Waals surface area (Å²) in [6.45, 7) is 0.349. The number of aromatic nitrogens is 2. The number of hydrogen-bond acceptors (Lipinski definition) is 4. The summed E-state index contributed by atoms with van der Waals surface area (Å²) >= 11 is 5.86. The average Bonchev–Trinajstić information content (AvgIpc) is 3.19. The first-order chi connectivity index (χ1) is 13.8. The zero-order valence-electron chi connectivity index (χ0n) is 15.4. The lowest BCUT2D eigenvalue weighted by Crippen LogP contribution is -2.31. The summed E-state index contributed by atoms with van der Waals surface area (Å²) in [5.74, 6) is -0.859. The average molecular weight is 434 g/mol. The minimum Gasteiger partial charge on any atom is -0.481 e. The Morgan fingerprint density at radius 1 is 1.14 bits per heavy atom. The van der Waals surface area contributed by atoms with E-state index >= 15 is 0 Å². The second kappa shape index (κ2) is 9.21. The summed E-state index contributed by atoms with van der Waals surface area (Å²) < 4.78 is 30.2. The zero-order valence-corrected chi connectivity index (χ0v) is 17.0. The van der Waals surface area contributed by atoms with Crippen molar-refractivity contribution in [2.45, 2.75) is 30.3 Å². The van der Waals surface area contributed by atoms with Gasteiger partial charge in [0.2, 0.25) is 10.0 Å². The fourth-order valence-electron chi connectivity index (χ4n) is 2.85. The highest BCUT2D eigenvalue weighted by Crippen LogP contribution is 2.21. The van der Waals surface area contributed by atoms with E-state index in [-0.39, 0.29) is 11.3 Å². The fraction of sp³-hybridized carbons (Fsp3) is 0.200. The number of nitrogens with zero attached hydrogens (tertiary/aromatic N) is 2. The molecular weight excluding hydrogens is 414 g/mol. The second-order valence-corrected chi connectivity index (χ2v) is 8.67. The quantitative estimate of drug-likeness (QED) is 0.539. The number of hydrogen-bond donors (Lipinski definition) is 2. The molecule has 9 heteroatoms. The van der Waals surface area contributed by atoms with Gasteiger partial charge in [0.25, 0.3) is 0 Å². The number of aliphatic carboxylic acids is 1. The number of carbonyl (C=O) groups is 1. The molecule has 0 saturated carbocycles. The van der Waals surface area contributed by atoms with Crippen molar-refractivity contribution in [1.82, 2.24) is 14.3 Å². The lowest BCUT2D eigenvalue weighted by molar-refractivity contribution is -0.136. The number of rotatable bonds is 9. The largest absolute Gasteiger partial charge is 0.481 e. The molecular formula is C20H20ClN3O4S. The van der Waals surface area contributed by atoms with Gasteiger partial charge in [0.05, 0.1) is 17.3 Å². The van der Waals surface area contributed by atoms with E-state index in [0.29, 0.717) is 18.0 Å². The number of carboxylic acids is 1. The number of halogens is 1. The third kappa shape index (κ3) is 5.90. The summed E-state index contributed by atoms with van der Waals surface area (Å²) in [5, 5.41) is 9.28. The van der Waals surface area contributed by atoms with Gasteiger partial charge in [-0.15, -0.1) is 0 Å². The van der Waals surface area contributed by atoms with Crippen LogP contribution in [-0.4, -0.2) is 29.0 Å². The van der Waals surface area contributed by atoms with Crippen LogP contribution in [0.15, 0.2) is 72.1 Å². The van der Waals surface area contributed by atoms with Gasteiger partial charge in [0.15, 0.2) is 0 Å². The SMILES string of the molecule is O=C(O)CCc1ccc(C(Cn2ccnc2)NS(=O)(=O)c2ccc(Cl)cc2)cc1. The summed E-state index contributed by atoms with van der Waals surface area (Å²) in [6.07, 6.45) is 5.45. The van der Waals surface area contributed by atoms with E-state index in [9.17, 15) is 13.2 Å². The van der Waals surface area contributed by atoms with Crippen LogP contribution in [0.2, 0.25) is 5.02 Å². The Morgan fingerprint density at radius 2 is 1.83 bits per heavy atom. The molecule has 152 valence electrons. The molecule has 0 aliphatic rings. The minimum atomic E-state index is -3.78. The van der Waals surface area contributed by atoms with Gasteiger partial charge in [-0.1, -0.05) is 35.9 Å². The van der Waals surface area contributed by atoms with Crippen molar-refractivity contribution < 1.29 is 18.3 Å². The highest BCUT2D eigenvalue weighted by Gasteiger charge is 2.22. The molecule has 29 heavy (non-hydrogen) atoms. The lowest BCUT2D eigenvalue weighted by atomic mass is 10.0. The molecule has 3 rings (SSSR count).